The first kappa shape index (κ1) is 27.8. The number of aromatic nitrogens is 1. The summed E-state index contributed by atoms with van der Waals surface area (Å²) >= 11 is 12.3. The number of aliphatic hydroxyl groups is 1. The summed E-state index contributed by atoms with van der Waals surface area (Å²) in [5.41, 5.74) is 3.80. The summed E-state index contributed by atoms with van der Waals surface area (Å²) in [7, 11) is 0. The predicted molar refractivity (Wildman–Crippen MR) is 154 cm³/mol. The fourth-order valence-electron chi connectivity index (χ4n) is 4.82. The molecule has 4 aromatic rings. The molecule has 1 aliphatic rings. The topological polar surface area (TPSA) is 104 Å². The molecular weight excluding hydrogens is 553 g/mol. The van der Waals surface area contributed by atoms with Gasteiger partial charge in [-0.1, -0.05) is 42.3 Å². The summed E-state index contributed by atoms with van der Waals surface area (Å²) in [6, 6.07) is 19.3. The number of hydrogen-bond acceptors (Lipinski definition) is 5. The number of hydrogen-bond donors (Lipinski definition) is 3. The van der Waals surface area contributed by atoms with Crippen LogP contribution in [-0.4, -0.2) is 52.8 Å². The Labute approximate surface area is 241 Å². The standard InChI is InChI=1S/C30H29Cl2N3O5/c1-2-27(37)33-16-21(36)17-39-22-8-3-18(4-9-22)29-28-24(25-15-20(32)7-12-26(25)34-28)13-14-35(29)30(38)40-23-10-5-19(31)6-11-23/h3-12,15,21,29,34,36H,2,13-14,16-17H2,1H3,(H,33,37). The van der Waals surface area contributed by atoms with Gasteiger partial charge in [-0.15, -0.1) is 0 Å². The van der Waals surface area contributed by atoms with Crippen LogP contribution in [0.2, 0.25) is 10.0 Å². The van der Waals surface area contributed by atoms with Crippen molar-refractivity contribution in [2.24, 2.45) is 0 Å². The molecule has 3 N–H and O–H groups in total. The lowest BCUT2D eigenvalue weighted by Gasteiger charge is -2.35. The van der Waals surface area contributed by atoms with Crippen molar-refractivity contribution in [1.82, 2.24) is 15.2 Å². The number of halogens is 2. The second-order valence-electron chi connectivity index (χ2n) is 9.57. The van der Waals surface area contributed by atoms with Crippen LogP contribution in [0, 0.1) is 0 Å². The smallest absolute Gasteiger partial charge is 0.416 e. The number of ether oxygens (including phenoxy) is 2. The van der Waals surface area contributed by atoms with Crippen LogP contribution in [-0.2, 0) is 11.2 Å². The fraction of sp³-hybridized carbons (Fsp3) is 0.267. The molecule has 10 heteroatoms. The van der Waals surface area contributed by atoms with Crippen LogP contribution < -0.4 is 14.8 Å². The van der Waals surface area contributed by atoms with E-state index in [1.165, 1.54) is 0 Å². The van der Waals surface area contributed by atoms with Gasteiger partial charge in [0.1, 0.15) is 30.3 Å². The van der Waals surface area contributed by atoms with Crippen LogP contribution in [0.25, 0.3) is 10.9 Å². The molecule has 3 aromatic carbocycles. The molecule has 0 spiro atoms. The summed E-state index contributed by atoms with van der Waals surface area (Å²) in [5.74, 6) is 0.827. The lowest BCUT2D eigenvalue weighted by atomic mass is 9.92. The zero-order valence-corrected chi connectivity index (χ0v) is 23.3. The summed E-state index contributed by atoms with van der Waals surface area (Å²) in [6.07, 6.45) is -0.333. The molecule has 0 saturated heterocycles. The van der Waals surface area contributed by atoms with E-state index < -0.39 is 18.2 Å². The normalized spacial score (nSPS) is 15.4. The van der Waals surface area contributed by atoms with Crippen LogP contribution in [0.5, 0.6) is 11.5 Å². The van der Waals surface area contributed by atoms with Crippen molar-refractivity contribution in [2.45, 2.75) is 31.9 Å². The molecule has 8 nitrogen and oxygen atoms in total. The molecule has 2 heterocycles. The van der Waals surface area contributed by atoms with Crippen molar-refractivity contribution in [1.29, 1.82) is 0 Å². The molecule has 1 aromatic heterocycles. The second kappa shape index (κ2) is 12.2. The fourth-order valence-corrected chi connectivity index (χ4v) is 5.12. The van der Waals surface area contributed by atoms with Gasteiger partial charge in [-0.2, -0.15) is 0 Å². The van der Waals surface area contributed by atoms with Gasteiger partial charge in [-0.25, -0.2) is 4.79 Å². The molecule has 1 aliphatic heterocycles. The van der Waals surface area contributed by atoms with Gasteiger partial charge in [0.2, 0.25) is 5.91 Å². The Balaban J connectivity index is 1.40. The number of rotatable bonds is 8. The molecule has 0 fully saturated rings. The van der Waals surface area contributed by atoms with E-state index in [0.717, 1.165) is 27.7 Å². The number of carbonyl (C=O) groups excluding carboxylic acids is 2. The number of aromatic amines is 1. The number of H-pyrrole nitrogens is 1. The molecule has 2 atom stereocenters. The Hall–Kier alpha value is -3.72. The Morgan fingerprint density at radius 3 is 2.48 bits per heavy atom. The van der Waals surface area contributed by atoms with E-state index >= 15 is 0 Å². The molecule has 0 radical (unpaired) electrons. The van der Waals surface area contributed by atoms with Crippen molar-refractivity contribution < 1.29 is 24.2 Å². The first-order valence-electron chi connectivity index (χ1n) is 13.0. The number of aliphatic hydroxyl groups excluding tert-OH is 1. The SMILES string of the molecule is CCC(=O)NCC(O)COc1ccc(C2c3[nH]c4ccc(Cl)cc4c3CCN2C(=O)Oc2ccc(Cl)cc2)cc1. The number of benzene rings is 3. The molecule has 2 amide bonds. The quantitative estimate of drug-likeness (QED) is 0.241. The van der Waals surface area contributed by atoms with E-state index in [2.05, 4.69) is 10.3 Å². The van der Waals surface area contributed by atoms with Crippen LogP contribution in [0.15, 0.2) is 66.7 Å². The van der Waals surface area contributed by atoms with E-state index in [1.54, 1.807) is 48.2 Å². The molecule has 5 rings (SSSR count). The van der Waals surface area contributed by atoms with Gasteiger partial charge in [-0.3, -0.25) is 9.69 Å². The van der Waals surface area contributed by atoms with Crippen LogP contribution in [0.4, 0.5) is 4.79 Å². The highest BCUT2D eigenvalue weighted by Gasteiger charge is 2.35. The number of nitrogens with one attached hydrogen (secondary N) is 2. The summed E-state index contributed by atoms with van der Waals surface area (Å²) in [6.45, 7) is 2.33. The highest BCUT2D eigenvalue weighted by molar-refractivity contribution is 6.31. The molecule has 2 unspecified atom stereocenters. The van der Waals surface area contributed by atoms with Crippen molar-refractivity contribution in [3.63, 3.8) is 0 Å². The number of carbonyl (C=O) groups is 2. The van der Waals surface area contributed by atoms with E-state index in [0.29, 0.717) is 40.9 Å². The minimum atomic E-state index is -0.840. The lowest BCUT2D eigenvalue weighted by Crippen LogP contribution is -2.42. The third kappa shape index (κ3) is 6.20. The van der Waals surface area contributed by atoms with E-state index in [4.69, 9.17) is 32.7 Å². The van der Waals surface area contributed by atoms with Gasteiger partial charge in [-0.05, 0) is 72.1 Å². The lowest BCUT2D eigenvalue weighted by molar-refractivity contribution is -0.121. The summed E-state index contributed by atoms with van der Waals surface area (Å²) in [5, 5.41) is 15.0. The molecule has 0 saturated carbocycles. The number of amides is 2. The first-order chi connectivity index (χ1) is 19.3. The maximum atomic E-state index is 13.4. The highest BCUT2D eigenvalue weighted by Crippen LogP contribution is 2.40. The Kier molecular flexibility index (Phi) is 8.49. The van der Waals surface area contributed by atoms with Crippen molar-refractivity contribution >= 4 is 46.1 Å². The highest BCUT2D eigenvalue weighted by atomic mass is 35.5. The molecule has 40 heavy (non-hydrogen) atoms. The van der Waals surface area contributed by atoms with E-state index in [-0.39, 0.29) is 19.1 Å². The second-order valence-corrected chi connectivity index (χ2v) is 10.4. The minimum absolute atomic E-state index is 0.0270. The van der Waals surface area contributed by atoms with Gasteiger partial charge >= 0.3 is 6.09 Å². The van der Waals surface area contributed by atoms with Gasteiger partial charge in [0.05, 0.1) is 0 Å². The largest absolute Gasteiger partial charge is 0.491 e. The number of fused-ring (bicyclic) bond motifs is 3. The monoisotopic (exact) mass is 581 g/mol. The van der Waals surface area contributed by atoms with Gasteiger partial charge < -0.3 is 24.9 Å². The summed E-state index contributed by atoms with van der Waals surface area (Å²) < 4.78 is 11.4. The maximum Gasteiger partial charge on any atom is 0.416 e. The molecular formula is C30H29Cl2N3O5. The molecule has 0 bridgehead atoms. The van der Waals surface area contributed by atoms with E-state index in [9.17, 15) is 14.7 Å². The Morgan fingerprint density at radius 1 is 1.05 bits per heavy atom. The Morgan fingerprint density at radius 2 is 1.75 bits per heavy atom. The third-order valence-corrected chi connectivity index (χ3v) is 7.32. The van der Waals surface area contributed by atoms with Crippen LogP contribution >= 0.6 is 23.2 Å². The first-order valence-corrected chi connectivity index (χ1v) is 13.8. The van der Waals surface area contributed by atoms with Gasteiger partial charge in [0.25, 0.3) is 0 Å². The van der Waals surface area contributed by atoms with Crippen LogP contribution in [0.3, 0.4) is 0 Å². The third-order valence-electron chi connectivity index (χ3n) is 6.84. The zero-order valence-electron chi connectivity index (χ0n) is 21.8. The Bertz CT molecular complexity index is 1500. The maximum absolute atomic E-state index is 13.4. The molecule has 0 aliphatic carbocycles. The van der Waals surface area contributed by atoms with Gasteiger partial charge in [0, 0.05) is 46.2 Å². The summed E-state index contributed by atoms with van der Waals surface area (Å²) in [4.78, 5) is 30.1. The van der Waals surface area contributed by atoms with Gasteiger partial charge in [0.15, 0.2) is 0 Å². The van der Waals surface area contributed by atoms with Crippen molar-refractivity contribution in [3.05, 3.63) is 93.6 Å². The zero-order chi connectivity index (χ0) is 28.2. The van der Waals surface area contributed by atoms with Crippen molar-refractivity contribution in [2.75, 3.05) is 19.7 Å². The average molecular weight is 582 g/mol. The average Bonchev–Trinajstić information content (AvgIpc) is 3.33. The predicted octanol–water partition coefficient (Wildman–Crippen LogP) is 5.89. The molecule has 208 valence electrons. The van der Waals surface area contributed by atoms with Crippen molar-refractivity contribution in [3.8, 4) is 11.5 Å². The van der Waals surface area contributed by atoms with E-state index in [1.807, 2.05) is 30.3 Å². The van der Waals surface area contributed by atoms with Crippen LogP contribution in [0.1, 0.15) is 36.2 Å². The minimum Gasteiger partial charge on any atom is -0.491 e. The number of nitrogens with zero attached hydrogens (tertiary/aromatic N) is 1.